The fourth-order valence-corrected chi connectivity index (χ4v) is 2.48. The van der Waals surface area contributed by atoms with Gasteiger partial charge in [-0.25, -0.2) is 9.59 Å². The fourth-order valence-electron chi connectivity index (χ4n) is 2.48. The van der Waals surface area contributed by atoms with Gasteiger partial charge in [-0.05, 0) is 48.2 Å². The van der Waals surface area contributed by atoms with E-state index in [1.807, 2.05) is 24.3 Å². The van der Waals surface area contributed by atoms with Crippen molar-refractivity contribution in [3.8, 4) is 11.1 Å². The van der Waals surface area contributed by atoms with Gasteiger partial charge in [0.1, 0.15) is 0 Å². The molecule has 2 rings (SSSR count). The molecule has 0 aliphatic rings. The number of carbonyl (C=O) groups excluding carboxylic acids is 2. The summed E-state index contributed by atoms with van der Waals surface area (Å²) in [6.07, 6.45) is 8.07. The third-order valence-electron chi connectivity index (χ3n) is 3.50. The Morgan fingerprint density at radius 2 is 1.21 bits per heavy atom. The number of allylic oxidation sites excluding steroid dienone is 2. The summed E-state index contributed by atoms with van der Waals surface area (Å²) in [7, 11) is 0. The van der Waals surface area contributed by atoms with Crippen LogP contribution in [0.25, 0.3) is 11.1 Å². The average Bonchev–Trinajstić information content (AvgIpc) is 2.58. The van der Waals surface area contributed by atoms with Crippen molar-refractivity contribution in [1.82, 2.24) is 0 Å². The highest BCUT2D eigenvalue weighted by molar-refractivity contribution is 5.86. The number of benzene rings is 2. The molecule has 2 aromatic carbocycles. The zero-order valence-corrected chi connectivity index (χ0v) is 13.2. The molecule has 24 heavy (non-hydrogen) atoms. The van der Waals surface area contributed by atoms with Gasteiger partial charge in [-0.3, -0.25) is 0 Å². The topological polar surface area (TPSA) is 58.9 Å². The quantitative estimate of drug-likeness (QED) is 0.420. The van der Waals surface area contributed by atoms with Crippen LogP contribution in [0, 0.1) is 0 Å². The van der Waals surface area contributed by atoms with Gasteiger partial charge < -0.3 is 0 Å². The zero-order chi connectivity index (χ0) is 17.4. The summed E-state index contributed by atoms with van der Waals surface area (Å²) >= 11 is 0. The molecule has 4 nitrogen and oxygen atoms in total. The van der Waals surface area contributed by atoms with Crippen molar-refractivity contribution in [2.45, 2.75) is 12.8 Å². The van der Waals surface area contributed by atoms with E-state index in [1.165, 1.54) is 0 Å². The molecule has 4 heteroatoms. The molecule has 0 saturated carbocycles. The van der Waals surface area contributed by atoms with Crippen molar-refractivity contribution in [1.29, 1.82) is 0 Å². The van der Waals surface area contributed by atoms with E-state index in [-0.39, 0.29) is 0 Å². The van der Waals surface area contributed by atoms with Crippen LogP contribution in [0.3, 0.4) is 0 Å². The summed E-state index contributed by atoms with van der Waals surface area (Å²) in [5, 5.41) is 0. The molecular formula is C20H16N2O2. The van der Waals surface area contributed by atoms with Crippen LogP contribution in [0.15, 0.2) is 71.7 Å². The van der Waals surface area contributed by atoms with E-state index >= 15 is 0 Å². The van der Waals surface area contributed by atoms with E-state index in [0.29, 0.717) is 35.3 Å². The minimum absolute atomic E-state index is 0.468. The third-order valence-corrected chi connectivity index (χ3v) is 3.50. The Kier molecular flexibility index (Phi) is 5.93. The van der Waals surface area contributed by atoms with Crippen molar-refractivity contribution in [2.75, 3.05) is 0 Å². The smallest absolute Gasteiger partial charge is 0.211 e. The number of isocyanates is 2. The molecule has 0 fully saturated rings. The van der Waals surface area contributed by atoms with E-state index < -0.39 is 0 Å². The van der Waals surface area contributed by atoms with Crippen molar-refractivity contribution < 1.29 is 9.59 Å². The average molecular weight is 316 g/mol. The largest absolute Gasteiger partial charge is 0.240 e. The van der Waals surface area contributed by atoms with Crippen LogP contribution in [-0.4, -0.2) is 12.2 Å². The molecule has 0 saturated heterocycles. The molecule has 0 aliphatic carbocycles. The summed E-state index contributed by atoms with van der Waals surface area (Å²) < 4.78 is 0. The van der Waals surface area contributed by atoms with Gasteiger partial charge in [-0.1, -0.05) is 24.3 Å². The summed E-state index contributed by atoms with van der Waals surface area (Å²) in [6, 6.07) is 11.1. The highest BCUT2D eigenvalue weighted by atomic mass is 16.1. The van der Waals surface area contributed by atoms with E-state index in [4.69, 9.17) is 0 Å². The Morgan fingerprint density at radius 3 is 1.54 bits per heavy atom. The normalized spacial score (nSPS) is 9.50. The Bertz CT molecular complexity index is 798. The van der Waals surface area contributed by atoms with E-state index in [0.717, 1.165) is 11.1 Å². The number of aliphatic imine (C=N–C) groups is 2. The molecule has 0 atom stereocenters. The lowest BCUT2D eigenvalue weighted by Crippen LogP contribution is -1.88. The molecule has 0 aromatic heterocycles. The Hall–Kier alpha value is -3.32. The Balaban J connectivity index is 2.75. The van der Waals surface area contributed by atoms with Gasteiger partial charge in [0.05, 0.1) is 11.4 Å². The molecular weight excluding hydrogens is 300 g/mol. The predicted octanol–water partition coefficient (Wildman–Crippen LogP) is 4.75. The maximum atomic E-state index is 10.7. The fraction of sp³-hybridized carbons (Fsp3) is 0.100. The SMILES string of the molecule is C=CCc1ccc(N=C=O)c(-c2cc(CC=C)ccc2N=C=O)c1. The Labute approximate surface area is 140 Å². The number of nitrogens with zero attached hydrogens (tertiary/aromatic N) is 2. The van der Waals surface area contributed by atoms with Gasteiger partial charge >= 0.3 is 0 Å². The maximum Gasteiger partial charge on any atom is 0.240 e. The molecule has 0 spiro atoms. The molecule has 0 heterocycles. The second-order valence-corrected chi connectivity index (χ2v) is 5.09. The van der Waals surface area contributed by atoms with Gasteiger partial charge in [-0.2, -0.15) is 9.98 Å². The molecule has 118 valence electrons. The maximum absolute atomic E-state index is 10.7. The van der Waals surface area contributed by atoms with Crippen LogP contribution in [0.2, 0.25) is 0 Å². The van der Waals surface area contributed by atoms with Crippen LogP contribution < -0.4 is 0 Å². The van der Waals surface area contributed by atoms with Gasteiger partial charge in [0.25, 0.3) is 0 Å². The molecule has 2 aromatic rings. The second kappa shape index (κ2) is 8.35. The van der Waals surface area contributed by atoms with Crippen LogP contribution in [-0.2, 0) is 22.4 Å². The lowest BCUT2D eigenvalue weighted by Gasteiger charge is -2.11. The summed E-state index contributed by atoms with van der Waals surface area (Å²) in [4.78, 5) is 29.0. The van der Waals surface area contributed by atoms with Gasteiger partial charge in [0, 0.05) is 11.1 Å². The molecule has 0 aliphatic heterocycles. The number of hydrogen-bond acceptors (Lipinski definition) is 4. The summed E-state index contributed by atoms with van der Waals surface area (Å²) in [5.74, 6) is 0. The van der Waals surface area contributed by atoms with Crippen LogP contribution in [0.4, 0.5) is 11.4 Å². The molecule has 0 N–H and O–H groups in total. The van der Waals surface area contributed by atoms with E-state index in [1.54, 1.807) is 36.4 Å². The summed E-state index contributed by atoms with van der Waals surface area (Å²) in [6.45, 7) is 7.47. The summed E-state index contributed by atoms with van der Waals surface area (Å²) in [5.41, 5.74) is 4.38. The first kappa shape index (κ1) is 17.0. The molecule has 0 unspecified atom stereocenters. The van der Waals surface area contributed by atoms with E-state index in [9.17, 15) is 9.59 Å². The van der Waals surface area contributed by atoms with Crippen molar-refractivity contribution in [3.05, 3.63) is 72.8 Å². The monoisotopic (exact) mass is 316 g/mol. The van der Waals surface area contributed by atoms with Crippen LogP contribution >= 0.6 is 0 Å². The number of rotatable bonds is 7. The minimum Gasteiger partial charge on any atom is -0.211 e. The zero-order valence-electron chi connectivity index (χ0n) is 13.2. The van der Waals surface area contributed by atoms with Crippen LogP contribution in [0.5, 0.6) is 0 Å². The van der Waals surface area contributed by atoms with Crippen molar-refractivity contribution in [2.24, 2.45) is 9.98 Å². The predicted molar refractivity (Wildman–Crippen MR) is 95.2 cm³/mol. The highest BCUT2D eigenvalue weighted by Crippen LogP contribution is 2.38. The standard InChI is InChI=1S/C20H16N2O2/c1-3-5-15-7-9-19(21-13-23)17(11-15)18-12-16(6-4-2)8-10-20(18)22-14-24/h3-4,7-12H,1-2,5-6H2. The van der Waals surface area contributed by atoms with Crippen molar-refractivity contribution in [3.63, 3.8) is 0 Å². The molecule has 0 bridgehead atoms. The van der Waals surface area contributed by atoms with Gasteiger partial charge in [-0.15, -0.1) is 13.2 Å². The lowest BCUT2D eigenvalue weighted by atomic mass is 9.96. The molecule has 0 amide bonds. The first-order chi connectivity index (χ1) is 11.7. The van der Waals surface area contributed by atoms with Gasteiger partial charge in [0.2, 0.25) is 12.2 Å². The highest BCUT2D eigenvalue weighted by Gasteiger charge is 2.12. The molecule has 0 radical (unpaired) electrons. The van der Waals surface area contributed by atoms with Gasteiger partial charge in [0.15, 0.2) is 0 Å². The third kappa shape index (κ3) is 3.90. The number of hydrogen-bond donors (Lipinski definition) is 0. The first-order valence-corrected chi connectivity index (χ1v) is 7.37. The second-order valence-electron chi connectivity index (χ2n) is 5.09. The Morgan fingerprint density at radius 1 is 0.792 bits per heavy atom. The lowest BCUT2D eigenvalue weighted by molar-refractivity contribution is 0.564. The van der Waals surface area contributed by atoms with Crippen molar-refractivity contribution >= 4 is 23.5 Å². The first-order valence-electron chi connectivity index (χ1n) is 7.37. The minimum atomic E-state index is 0.468. The van der Waals surface area contributed by atoms with E-state index in [2.05, 4.69) is 23.1 Å². The van der Waals surface area contributed by atoms with Crippen LogP contribution in [0.1, 0.15) is 11.1 Å².